The van der Waals surface area contributed by atoms with Gasteiger partial charge in [-0.05, 0) is 31.7 Å². The number of aryl methyl sites for hydroxylation is 2. The van der Waals surface area contributed by atoms with E-state index < -0.39 is 0 Å². The molecule has 0 fully saturated rings. The molecule has 18 heavy (non-hydrogen) atoms. The topological polar surface area (TPSA) is 29.9 Å². The van der Waals surface area contributed by atoms with Crippen molar-refractivity contribution in [2.75, 3.05) is 6.54 Å². The normalized spacial score (nSPS) is 14.7. The van der Waals surface area contributed by atoms with Crippen molar-refractivity contribution in [3.63, 3.8) is 0 Å². The molecule has 0 bridgehead atoms. The van der Waals surface area contributed by atoms with Crippen molar-refractivity contribution in [3.8, 4) is 0 Å². The molecule has 0 aliphatic heterocycles. The Balaban J connectivity index is 2.42. The molecule has 1 heterocycles. The first-order valence-corrected chi connectivity index (χ1v) is 7.36. The first kappa shape index (κ1) is 15.2. The molecule has 1 rings (SSSR count). The lowest BCUT2D eigenvalue weighted by Gasteiger charge is -2.21. The molecular formula is C15H29N3. The zero-order chi connectivity index (χ0) is 13.4. The third kappa shape index (κ3) is 5.21. The van der Waals surface area contributed by atoms with Gasteiger partial charge >= 0.3 is 0 Å². The zero-order valence-corrected chi connectivity index (χ0v) is 12.4. The van der Waals surface area contributed by atoms with Crippen LogP contribution in [-0.2, 0) is 13.5 Å². The smallest absolute Gasteiger partial charge is 0.108 e. The average Bonchev–Trinajstić information content (AvgIpc) is 2.78. The summed E-state index contributed by atoms with van der Waals surface area (Å²) in [7, 11) is 2.07. The lowest BCUT2D eigenvalue weighted by molar-refractivity contribution is 0.374. The highest BCUT2D eigenvalue weighted by atomic mass is 15.0. The van der Waals surface area contributed by atoms with Crippen LogP contribution in [-0.4, -0.2) is 22.1 Å². The van der Waals surface area contributed by atoms with Crippen molar-refractivity contribution in [3.05, 3.63) is 18.2 Å². The Morgan fingerprint density at radius 2 is 2.17 bits per heavy atom. The van der Waals surface area contributed by atoms with Gasteiger partial charge in [0.15, 0.2) is 0 Å². The maximum Gasteiger partial charge on any atom is 0.108 e. The molecule has 1 aromatic rings. The quantitative estimate of drug-likeness (QED) is 0.730. The Labute approximate surface area is 112 Å². The monoisotopic (exact) mass is 251 g/mol. The Bertz CT molecular complexity index is 319. The van der Waals surface area contributed by atoms with E-state index in [2.05, 4.69) is 42.7 Å². The number of aromatic nitrogens is 2. The summed E-state index contributed by atoms with van der Waals surface area (Å²) in [6.07, 6.45) is 9.93. The second-order valence-corrected chi connectivity index (χ2v) is 5.39. The molecule has 104 valence electrons. The fourth-order valence-electron chi connectivity index (χ4n) is 2.24. The molecule has 3 nitrogen and oxygen atoms in total. The van der Waals surface area contributed by atoms with Crippen LogP contribution in [0.5, 0.6) is 0 Å². The first-order chi connectivity index (χ1) is 8.67. The van der Waals surface area contributed by atoms with Crippen LogP contribution in [0, 0.1) is 5.92 Å². The standard InChI is InChI=1S/C15H29N3/c1-5-9-16-14(12-13(3)6-2)7-8-15-17-10-11-18(15)4/h10-11,13-14,16H,5-9,12H2,1-4H3. The Hall–Kier alpha value is -0.830. The summed E-state index contributed by atoms with van der Waals surface area (Å²) in [5, 5.41) is 3.68. The van der Waals surface area contributed by atoms with E-state index in [0.717, 1.165) is 18.9 Å². The van der Waals surface area contributed by atoms with Crippen LogP contribution in [0.15, 0.2) is 12.4 Å². The molecule has 1 N–H and O–H groups in total. The Morgan fingerprint density at radius 3 is 2.72 bits per heavy atom. The Morgan fingerprint density at radius 1 is 1.39 bits per heavy atom. The van der Waals surface area contributed by atoms with Crippen LogP contribution in [0.4, 0.5) is 0 Å². The van der Waals surface area contributed by atoms with Gasteiger partial charge in [-0.15, -0.1) is 0 Å². The van der Waals surface area contributed by atoms with E-state index in [-0.39, 0.29) is 0 Å². The molecule has 0 radical (unpaired) electrons. The van der Waals surface area contributed by atoms with E-state index in [1.54, 1.807) is 0 Å². The molecular weight excluding hydrogens is 222 g/mol. The summed E-state index contributed by atoms with van der Waals surface area (Å²) in [6.45, 7) is 7.98. The van der Waals surface area contributed by atoms with Gasteiger partial charge in [0.05, 0.1) is 0 Å². The van der Waals surface area contributed by atoms with Gasteiger partial charge < -0.3 is 9.88 Å². The molecule has 0 aliphatic rings. The van der Waals surface area contributed by atoms with E-state index in [1.807, 2.05) is 12.4 Å². The SMILES string of the molecule is CCCNC(CCc1nccn1C)CC(C)CC. The minimum Gasteiger partial charge on any atom is -0.338 e. The molecule has 0 saturated heterocycles. The summed E-state index contributed by atoms with van der Waals surface area (Å²) in [5.74, 6) is 2.00. The predicted molar refractivity (Wildman–Crippen MR) is 77.7 cm³/mol. The molecule has 0 aliphatic carbocycles. The van der Waals surface area contributed by atoms with Crippen molar-refractivity contribution < 1.29 is 0 Å². The van der Waals surface area contributed by atoms with E-state index in [1.165, 1.54) is 31.5 Å². The fraction of sp³-hybridized carbons (Fsp3) is 0.800. The third-order valence-corrected chi connectivity index (χ3v) is 3.70. The highest BCUT2D eigenvalue weighted by Crippen LogP contribution is 2.14. The molecule has 0 saturated carbocycles. The maximum atomic E-state index is 4.40. The van der Waals surface area contributed by atoms with Gasteiger partial charge in [-0.3, -0.25) is 0 Å². The summed E-state index contributed by atoms with van der Waals surface area (Å²) < 4.78 is 2.13. The highest BCUT2D eigenvalue weighted by Gasteiger charge is 2.12. The minimum absolute atomic E-state index is 0.636. The molecule has 2 atom stereocenters. The number of rotatable bonds is 9. The van der Waals surface area contributed by atoms with Crippen molar-refractivity contribution in [2.24, 2.45) is 13.0 Å². The van der Waals surface area contributed by atoms with Crippen LogP contribution >= 0.6 is 0 Å². The van der Waals surface area contributed by atoms with Crippen LogP contribution < -0.4 is 5.32 Å². The summed E-state index contributed by atoms with van der Waals surface area (Å²) in [5.41, 5.74) is 0. The maximum absolute atomic E-state index is 4.40. The molecule has 0 amide bonds. The molecule has 3 heteroatoms. The van der Waals surface area contributed by atoms with Crippen LogP contribution in [0.1, 0.15) is 52.3 Å². The average molecular weight is 251 g/mol. The van der Waals surface area contributed by atoms with Gasteiger partial charge in [0.25, 0.3) is 0 Å². The largest absolute Gasteiger partial charge is 0.338 e. The molecule has 0 aromatic carbocycles. The van der Waals surface area contributed by atoms with Gasteiger partial charge in [0, 0.05) is 31.9 Å². The van der Waals surface area contributed by atoms with Crippen molar-refractivity contribution in [1.82, 2.24) is 14.9 Å². The number of imidazole rings is 1. The van der Waals surface area contributed by atoms with Gasteiger partial charge in [-0.2, -0.15) is 0 Å². The van der Waals surface area contributed by atoms with Gasteiger partial charge in [-0.25, -0.2) is 4.98 Å². The van der Waals surface area contributed by atoms with Gasteiger partial charge in [-0.1, -0.05) is 27.2 Å². The van der Waals surface area contributed by atoms with E-state index >= 15 is 0 Å². The number of hydrogen-bond donors (Lipinski definition) is 1. The van der Waals surface area contributed by atoms with Crippen LogP contribution in [0.2, 0.25) is 0 Å². The molecule has 0 spiro atoms. The number of nitrogens with zero attached hydrogens (tertiary/aromatic N) is 2. The van der Waals surface area contributed by atoms with E-state index in [9.17, 15) is 0 Å². The second-order valence-electron chi connectivity index (χ2n) is 5.39. The van der Waals surface area contributed by atoms with Crippen molar-refractivity contribution in [1.29, 1.82) is 0 Å². The summed E-state index contributed by atoms with van der Waals surface area (Å²) >= 11 is 0. The fourth-order valence-corrected chi connectivity index (χ4v) is 2.24. The summed E-state index contributed by atoms with van der Waals surface area (Å²) in [4.78, 5) is 4.40. The van der Waals surface area contributed by atoms with Crippen LogP contribution in [0.25, 0.3) is 0 Å². The molecule has 2 unspecified atom stereocenters. The predicted octanol–water partition coefficient (Wildman–Crippen LogP) is 3.16. The highest BCUT2D eigenvalue weighted by molar-refractivity contribution is 4.92. The zero-order valence-electron chi connectivity index (χ0n) is 12.4. The van der Waals surface area contributed by atoms with Crippen molar-refractivity contribution >= 4 is 0 Å². The van der Waals surface area contributed by atoms with Crippen molar-refractivity contribution in [2.45, 2.75) is 58.9 Å². The second kappa shape index (κ2) is 8.30. The van der Waals surface area contributed by atoms with E-state index in [4.69, 9.17) is 0 Å². The lowest BCUT2D eigenvalue weighted by Crippen LogP contribution is -2.32. The minimum atomic E-state index is 0.636. The summed E-state index contributed by atoms with van der Waals surface area (Å²) in [6, 6.07) is 0.636. The lowest BCUT2D eigenvalue weighted by atomic mass is 9.96. The number of hydrogen-bond acceptors (Lipinski definition) is 2. The van der Waals surface area contributed by atoms with E-state index in [0.29, 0.717) is 6.04 Å². The molecule has 1 aromatic heterocycles. The van der Waals surface area contributed by atoms with Gasteiger partial charge in [0.1, 0.15) is 5.82 Å². The van der Waals surface area contributed by atoms with Gasteiger partial charge in [0.2, 0.25) is 0 Å². The number of nitrogens with one attached hydrogen (secondary N) is 1. The first-order valence-electron chi connectivity index (χ1n) is 7.36. The van der Waals surface area contributed by atoms with Crippen LogP contribution in [0.3, 0.4) is 0 Å². The third-order valence-electron chi connectivity index (χ3n) is 3.70. The Kier molecular flexibility index (Phi) is 7.02.